The van der Waals surface area contributed by atoms with Gasteiger partial charge in [0.15, 0.2) is 0 Å². The van der Waals surface area contributed by atoms with E-state index in [4.69, 9.17) is 15.4 Å². The fourth-order valence-corrected chi connectivity index (χ4v) is 1.46. The first kappa shape index (κ1) is 10.5. The van der Waals surface area contributed by atoms with Crippen LogP contribution in [-0.4, -0.2) is 24.0 Å². The predicted molar refractivity (Wildman–Crippen MR) is 47.6 cm³/mol. The lowest BCUT2D eigenvalue weighted by atomic mass is 10.2. The topological polar surface area (TPSA) is 118 Å². The molecule has 0 aromatic heterocycles. The Hall–Kier alpha value is -1.60. The van der Waals surface area contributed by atoms with Gasteiger partial charge in [0.25, 0.3) is 10.1 Å². The van der Waals surface area contributed by atoms with Gasteiger partial charge in [0.1, 0.15) is 0 Å². The molecule has 0 fully saturated rings. The van der Waals surface area contributed by atoms with Gasteiger partial charge >= 0.3 is 5.97 Å². The monoisotopic (exact) mass is 217 g/mol. The summed E-state index contributed by atoms with van der Waals surface area (Å²) >= 11 is 0. The van der Waals surface area contributed by atoms with Crippen molar-refractivity contribution in [3.8, 4) is 0 Å². The maximum Gasteiger partial charge on any atom is 0.335 e. The molecular formula is C7H7NO5S. The van der Waals surface area contributed by atoms with E-state index in [1.54, 1.807) is 0 Å². The van der Waals surface area contributed by atoms with Gasteiger partial charge in [-0.3, -0.25) is 4.55 Å². The third-order valence-electron chi connectivity index (χ3n) is 1.47. The van der Waals surface area contributed by atoms with Crippen molar-refractivity contribution in [1.29, 1.82) is 0 Å². The van der Waals surface area contributed by atoms with Crippen molar-refractivity contribution in [3.05, 3.63) is 23.8 Å². The minimum atomic E-state index is -4.42. The number of nitrogen functional groups attached to an aromatic ring is 1. The zero-order valence-electron chi connectivity index (χ0n) is 6.84. The maximum absolute atomic E-state index is 10.7. The number of carboxylic acids is 1. The Bertz CT molecular complexity index is 479. The Balaban J connectivity index is 3.43. The van der Waals surface area contributed by atoms with Crippen molar-refractivity contribution in [2.24, 2.45) is 0 Å². The zero-order chi connectivity index (χ0) is 10.9. The fraction of sp³-hybridized carbons (Fsp3) is 0. The van der Waals surface area contributed by atoms with Crippen LogP contribution >= 0.6 is 0 Å². The van der Waals surface area contributed by atoms with Gasteiger partial charge in [0.05, 0.1) is 10.5 Å². The molecule has 0 saturated carbocycles. The summed E-state index contributed by atoms with van der Waals surface area (Å²) in [5.74, 6) is -1.32. The molecule has 4 N–H and O–H groups in total. The first-order chi connectivity index (χ1) is 6.30. The first-order valence-electron chi connectivity index (χ1n) is 3.42. The summed E-state index contributed by atoms with van der Waals surface area (Å²) in [5.41, 5.74) is 4.92. The lowest BCUT2D eigenvalue weighted by molar-refractivity contribution is 0.0696. The van der Waals surface area contributed by atoms with Gasteiger partial charge in [-0.15, -0.1) is 0 Å². The van der Waals surface area contributed by atoms with Gasteiger partial charge in [0, 0.05) is 5.69 Å². The molecule has 6 nitrogen and oxygen atoms in total. The van der Waals surface area contributed by atoms with Gasteiger partial charge in [-0.25, -0.2) is 4.79 Å². The number of nitrogens with two attached hydrogens (primary N) is 1. The Morgan fingerprint density at radius 1 is 1.29 bits per heavy atom. The normalized spacial score (nSPS) is 11.2. The number of carboxylic acid groups (broad SMARTS) is 1. The van der Waals surface area contributed by atoms with Crippen molar-refractivity contribution >= 4 is 21.8 Å². The van der Waals surface area contributed by atoms with Crippen molar-refractivity contribution in [3.63, 3.8) is 0 Å². The average molecular weight is 217 g/mol. The van der Waals surface area contributed by atoms with Crippen LogP contribution in [0.15, 0.2) is 23.1 Å². The Morgan fingerprint density at radius 2 is 1.86 bits per heavy atom. The van der Waals surface area contributed by atoms with Crippen molar-refractivity contribution in [2.45, 2.75) is 4.90 Å². The average Bonchev–Trinajstić information content (AvgIpc) is 2.01. The molecule has 0 aliphatic carbocycles. The van der Waals surface area contributed by atoms with Crippen LogP contribution in [0.5, 0.6) is 0 Å². The van der Waals surface area contributed by atoms with Crippen LogP contribution < -0.4 is 5.73 Å². The third kappa shape index (κ3) is 2.21. The molecule has 76 valence electrons. The number of anilines is 1. The summed E-state index contributed by atoms with van der Waals surface area (Å²) < 4.78 is 30.0. The fourth-order valence-electron chi connectivity index (χ4n) is 0.894. The van der Waals surface area contributed by atoms with Crippen molar-refractivity contribution in [2.75, 3.05) is 5.73 Å². The van der Waals surface area contributed by atoms with E-state index in [0.29, 0.717) is 0 Å². The van der Waals surface area contributed by atoms with Crippen LogP contribution in [0.3, 0.4) is 0 Å². The van der Waals surface area contributed by atoms with Crippen molar-refractivity contribution in [1.82, 2.24) is 0 Å². The van der Waals surface area contributed by atoms with E-state index in [2.05, 4.69) is 0 Å². The molecule has 0 spiro atoms. The number of rotatable bonds is 2. The van der Waals surface area contributed by atoms with E-state index >= 15 is 0 Å². The van der Waals surface area contributed by atoms with Crippen molar-refractivity contribution < 1.29 is 22.9 Å². The Labute approximate surface area is 79.7 Å². The standard InChI is InChI=1S/C7H7NO5S/c8-5-1-4(7(9)10)2-6(3-5)14(11,12)13/h1-3H,8H2,(H,9,10)(H,11,12,13). The number of hydrogen-bond acceptors (Lipinski definition) is 4. The minimum absolute atomic E-state index is 0.0440. The van der Waals surface area contributed by atoms with Crippen LogP contribution in [0.4, 0.5) is 5.69 Å². The van der Waals surface area contributed by atoms with E-state index in [1.165, 1.54) is 0 Å². The third-order valence-corrected chi connectivity index (χ3v) is 2.31. The molecule has 0 heterocycles. The highest BCUT2D eigenvalue weighted by molar-refractivity contribution is 7.85. The molecule has 0 atom stereocenters. The molecule has 0 aliphatic rings. The van der Waals surface area contributed by atoms with E-state index in [9.17, 15) is 13.2 Å². The lowest BCUT2D eigenvalue weighted by Gasteiger charge is -2.01. The molecule has 0 unspecified atom stereocenters. The SMILES string of the molecule is Nc1cc(C(=O)O)cc(S(=O)(=O)O)c1. The number of aromatic carboxylic acids is 1. The van der Waals surface area contributed by atoms with E-state index < -0.39 is 21.0 Å². The van der Waals surface area contributed by atoms with Gasteiger partial charge < -0.3 is 10.8 Å². The molecule has 1 rings (SSSR count). The van der Waals surface area contributed by atoms with Gasteiger partial charge in [-0.1, -0.05) is 0 Å². The zero-order valence-corrected chi connectivity index (χ0v) is 7.65. The molecular weight excluding hydrogens is 210 g/mol. The van der Waals surface area contributed by atoms with E-state index in [0.717, 1.165) is 18.2 Å². The Morgan fingerprint density at radius 3 is 2.29 bits per heavy atom. The second-order valence-electron chi connectivity index (χ2n) is 2.57. The first-order valence-corrected chi connectivity index (χ1v) is 4.86. The minimum Gasteiger partial charge on any atom is -0.478 e. The Kier molecular flexibility index (Phi) is 2.45. The predicted octanol–water partition coefficient (Wildman–Crippen LogP) is 0.214. The summed E-state index contributed by atoms with van der Waals surface area (Å²) in [4.78, 5) is 9.97. The van der Waals surface area contributed by atoms with Crippen LogP contribution in [0.2, 0.25) is 0 Å². The largest absolute Gasteiger partial charge is 0.478 e. The van der Waals surface area contributed by atoms with Gasteiger partial charge in [-0.2, -0.15) is 8.42 Å². The summed E-state index contributed by atoms with van der Waals surface area (Å²) in [6.45, 7) is 0. The second kappa shape index (κ2) is 3.28. The highest BCUT2D eigenvalue weighted by atomic mass is 32.2. The highest BCUT2D eigenvalue weighted by Crippen LogP contribution is 2.16. The molecule has 0 amide bonds. The lowest BCUT2D eigenvalue weighted by Crippen LogP contribution is -2.04. The van der Waals surface area contributed by atoms with Gasteiger partial charge in [-0.05, 0) is 18.2 Å². The molecule has 0 saturated heterocycles. The molecule has 0 radical (unpaired) electrons. The number of hydrogen-bond donors (Lipinski definition) is 3. The van der Waals surface area contributed by atoms with Crippen LogP contribution in [0, 0.1) is 0 Å². The molecule has 1 aromatic carbocycles. The van der Waals surface area contributed by atoms with Crippen LogP contribution in [0.25, 0.3) is 0 Å². The second-order valence-corrected chi connectivity index (χ2v) is 3.99. The smallest absolute Gasteiger partial charge is 0.335 e. The summed E-state index contributed by atoms with van der Waals surface area (Å²) in [7, 11) is -4.42. The van der Waals surface area contributed by atoms with Crippen LogP contribution in [0.1, 0.15) is 10.4 Å². The number of benzene rings is 1. The highest BCUT2D eigenvalue weighted by Gasteiger charge is 2.13. The molecule has 0 aliphatic heterocycles. The van der Waals surface area contributed by atoms with Gasteiger partial charge in [0.2, 0.25) is 0 Å². The molecule has 0 bridgehead atoms. The summed E-state index contributed by atoms with van der Waals surface area (Å²) in [6, 6.07) is 2.90. The van der Waals surface area contributed by atoms with E-state index in [1.807, 2.05) is 0 Å². The van der Waals surface area contributed by atoms with E-state index in [-0.39, 0.29) is 11.3 Å². The summed E-state index contributed by atoms with van der Waals surface area (Å²) in [5, 5.41) is 8.57. The molecule has 7 heteroatoms. The molecule has 1 aromatic rings. The summed E-state index contributed by atoms with van der Waals surface area (Å²) in [6.07, 6.45) is 0. The number of carbonyl (C=O) groups is 1. The van der Waals surface area contributed by atoms with Crippen LogP contribution in [-0.2, 0) is 10.1 Å². The molecule has 14 heavy (non-hydrogen) atoms. The quantitative estimate of drug-likeness (QED) is 0.481. The maximum atomic E-state index is 10.7.